The summed E-state index contributed by atoms with van der Waals surface area (Å²) in [6.07, 6.45) is 11.2. The Labute approximate surface area is 111 Å². The summed E-state index contributed by atoms with van der Waals surface area (Å²) in [5, 5.41) is 0. The molecule has 2 aliphatic rings. The minimum Gasteiger partial charge on any atom is -0.341 e. The van der Waals surface area contributed by atoms with Gasteiger partial charge in [-0.15, -0.1) is 0 Å². The maximum Gasteiger partial charge on any atom is 0.239 e. The lowest BCUT2D eigenvalue weighted by Crippen LogP contribution is -2.49. The normalized spacial score (nSPS) is 25.1. The van der Waals surface area contributed by atoms with Gasteiger partial charge in [0.25, 0.3) is 0 Å². The van der Waals surface area contributed by atoms with Gasteiger partial charge in [-0.05, 0) is 37.5 Å². The summed E-state index contributed by atoms with van der Waals surface area (Å²) in [7, 11) is 0. The van der Waals surface area contributed by atoms with E-state index in [9.17, 15) is 4.79 Å². The van der Waals surface area contributed by atoms with Crippen LogP contribution in [0.1, 0.15) is 64.7 Å². The molecule has 1 amide bonds. The van der Waals surface area contributed by atoms with Gasteiger partial charge in [0.05, 0.1) is 6.04 Å². The van der Waals surface area contributed by atoms with Gasteiger partial charge in [0.1, 0.15) is 0 Å². The monoisotopic (exact) mass is 252 g/mol. The van der Waals surface area contributed by atoms with Crippen LogP contribution in [-0.2, 0) is 4.79 Å². The van der Waals surface area contributed by atoms with Gasteiger partial charge in [-0.2, -0.15) is 0 Å². The molecule has 1 aliphatic heterocycles. The molecule has 3 nitrogen and oxygen atoms in total. The first-order chi connectivity index (χ1) is 8.67. The third kappa shape index (κ3) is 3.05. The van der Waals surface area contributed by atoms with E-state index in [-0.39, 0.29) is 11.9 Å². The lowest BCUT2D eigenvalue weighted by molar-refractivity contribution is -0.135. The molecule has 0 aromatic heterocycles. The number of carbonyl (C=O) groups is 1. The maximum atomic E-state index is 12.2. The van der Waals surface area contributed by atoms with Gasteiger partial charge in [-0.3, -0.25) is 4.79 Å². The largest absolute Gasteiger partial charge is 0.341 e. The molecular formula is C15H28N2O. The predicted octanol–water partition coefficient (Wildman–Crippen LogP) is 2.69. The van der Waals surface area contributed by atoms with Crippen LogP contribution in [0.4, 0.5) is 0 Å². The highest BCUT2D eigenvalue weighted by Crippen LogP contribution is 2.44. The van der Waals surface area contributed by atoms with Crippen LogP contribution in [0.25, 0.3) is 0 Å². The van der Waals surface area contributed by atoms with Crippen molar-refractivity contribution in [2.45, 2.75) is 70.8 Å². The number of nitrogens with two attached hydrogens (primary N) is 1. The SMILES string of the molecule is CCC[C@@H](N)C(=O)N1CCC2(CCCCC2)CC1. The van der Waals surface area contributed by atoms with Crippen LogP contribution in [-0.4, -0.2) is 29.9 Å². The highest BCUT2D eigenvalue weighted by molar-refractivity contribution is 5.81. The molecule has 2 rings (SSSR count). The number of hydrogen-bond donors (Lipinski definition) is 1. The van der Waals surface area contributed by atoms with E-state index < -0.39 is 0 Å². The van der Waals surface area contributed by atoms with E-state index in [0.717, 1.165) is 25.9 Å². The summed E-state index contributed by atoms with van der Waals surface area (Å²) in [6, 6.07) is -0.268. The topological polar surface area (TPSA) is 46.3 Å². The third-order valence-corrected chi connectivity index (χ3v) is 4.97. The molecule has 104 valence electrons. The second-order valence-electron chi connectivity index (χ2n) is 6.28. The van der Waals surface area contributed by atoms with Gasteiger partial charge in [0.2, 0.25) is 5.91 Å². The van der Waals surface area contributed by atoms with Crippen molar-refractivity contribution >= 4 is 5.91 Å². The van der Waals surface area contributed by atoms with Crippen LogP contribution >= 0.6 is 0 Å². The van der Waals surface area contributed by atoms with Crippen molar-refractivity contribution in [3.8, 4) is 0 Å². The Morgan fingerprint density at radius 1 is 1.17 bits per heavy atom. The van der Waals surface area contributed by atoms with Crippen LogP contribution in [0, 0.1) is 5.41 Å². The quantitative estimate of drug-likeness (QED) is 0.839. The highest BCUT2D eigenvalue weighted by Gasteiger charge is 2.37. The summed E-state index contributed by atoms with van der Waals surface area (Å²) in [6.45, 7) is 3.97. The van der Waals surface area contributed by atoms with Gasteiger partial charge in [-0.1, -0.05) is 32.6 Å². The highest BCUT2D eigenvalue weighted by atomic mass is 16.2. The van der Waals surface area contributed by atoms with E-state index in [1.54, 1.807) is 0 Å². The van der Waals surface area contributed by atoms with Crippen molar-refractivity contribution < 1.29 is 4.79 Å². The second-order valence-corrected chi connectivity index (χ2v) is 6.28. The van der Waals surface area contributed by atoms with Crippen LogP contribution < -0.4 is 5.73 Å². The fraction of sp³-hybridized carbons (Fsp3) is 0.933. The number of likely N-dealkylation sites (tertiary alicyclic amines) is 1. The Balaban J connectivity index is 1.84. The molecule has 3 heteroatoms. The number of carbonyl (C=O) groups excluding carboxylic acids is 1. The van der Waals surface area contributed by atoms with Gasteiger partial charge < -0.3 is 10.6 Å². The molecule has 0 bridgehead atoms. The number of piperidine rings is 1. The zero-order valence-corrected chi connectivity index (χ0v) is 11.8. The Morgan fingerprint density at radius 2 is 1.78 bits per heavy atom. The first kappa shape index (κ1) is 13.9. The lowest BCUT2D eigenvalue weighted by atomic mass is 9.68. The summed E-state index contributed by atoms with van der Waals surface area (Å²) < 4.78 is 0. The molecule has 0 radical (unpaired) electrons. The minimum atomic E-state index is -0.268. The zero-order valence-electron chi connectivity index (χ0n) is 11.8. The number of nitrogens with zero attached hydrogens (tertiary/aromatic N) is 1. The summed E-state index contributed by atoms with van der Waals surface area (Å²) in [5.41, 5.74) is 6.51. The lowest BCUT2D eigenvalue weighted by Gasteiger charge is -2.44. The summed E-state index contributed by atoms with van der Waals surface area (Å²) >= 11 is 0. The molecule has 1 saturated carbocycles. The minimum absolute atomic E-state index is 0.183. The van der Waals surface area contributed by atoms with E-state index in [1.165, 1.54) is 44.9 Å². The van der Waals surface area contributed by atoms with Gasteiger partial charge in [-0.25, -0.2) is 0 Å². The Bertz CT molecular complexity index is 274. The average Bonchev–Trinajstić information content (AvgIpc) is 2.40. The van der Waals surface area contributed by atoms with Crippen molar-refractivity contribution in [1.82, 2.24) is 4.90 Å². The second kappa shape index (κ2) is 6.05. The molecule has 1 saturated heterocycles. The summed E-state index contributed by atoms with van der Waals surface area (Å²) in [5.74, 6) is 0.183. The smallest absolute Gasteiger partial charge is 0.239 e. The standard InChI is InChI=1S/C15H28N2O/c1-2-6-13(16)14(18)17-11-9-15(10-12-17)7-4-3-5-8-15/h13H,2-12,16H2,1H3/t13-/m1/s1. The van der Waals surface area contributed by atoms with Gasteiger partial charge in [0.15, 0.2) is 0 Å². The molecule has 0 unspecified atom stereocenters. The van der Waals surface area contributed by atoms with E-state index in [4.69, 9.17) is 5.73 Å². The van der Waals surface area contributed by atoms with Crippen molar-refractivity contribution in [2.24, 2.45) is 11.1 Å². The first-order valence-electron chi connectivity index (χ1n) is 7.71. The molecule has 1 spiro atoms. The van der Waals surface area contributed by atoms with Crippen molar-refractivity contribution in [1.29, 1.82) is 0 Å². The van der Waals surface area contributed by atoms with E-state index in [0.29, 0.717) is 5.41 Å². The van der Waals surface area contributed by atoms with Gasteiger partial charge in [0, 0.05) is 13.1 Å². The number of hydrogen-bond acceptors (Lipinski definition) is 2. The van der Waals surface area contributed by atoms with Crippen molar-refractivity contribution in [2.75, 3.05) is 13.1 Å². The summed E-state index contributed by atoms with van der Waals surface area (Å²) in [4.78, 5) is 14.2. The zero-order chi connectivity index (χ0) is 13.0. The molecule has 0 aromatic rings. The van der Waals surface area contributed by atoms with Crippen LogP contribution in [0.5, 0.6) is 0 Å². The van der Waals surface area contributed by atoms with E-state index in [1.807, 2.05) is 4.90 Å². The molecule has 2 N–H and O–H groups in total. The van der Waals surface area contributed by atoms with Crippen molar-refractivity contribution in [3.63, 3.8) is 0 Å². The molecule has 2 fully saturated rings. The molecule has 1 heterocycles. The Kier molecular flexibility index (Phi) is 4.66. The Hall–Kier alpha value is -0.570. The number of rotatable bonds is 3. The molecule has 0 aromatic carbocycles. The van der Waals surface area contributed by atoms with E-state index >= 15 is 0 Å². The van der Waals surface area contributed by atoms with Gasteiger partial charge >= 0.3 is 0 Å². The maximum absolute atomic E-state index is 12.2. The van der Waals surface area contributed by atoms with Crippen molar-refractivity contribution in [3.05, 3.63) is 0 Å². The fourth-order valence-corrected chi connectivity index (χ4v) is 3.67. The Morgan fingerprint density at radius 3 is 2.33 bits per heavy atom. The average molecular weight is 252 g/mol. The molecule has 1 atom stereocenters. The van der Waals surface area contributed by atoms with Crippen LogP contribution in [0.15, 0.2) is 0 Å². The fourth-order valence-electron chi connectivity index (χ4n) is 3.67. The van der Waals surface area contributed by atoms with Crippen LogP contribution in [0.3, 0.4) is 0 Å². The molecule has 1 aliphatic carbocycles. The van der Waals surface area contributed by atoms with E-state index in [2.05, 4.69) is 6.92 Å². The number of amides is 1. The van der Waals surface area contributed by atoms with Crippen LogP contribution in [0.2, 0.25) is 0 Å². The first-order valence-corrected chi connectivity index (χ1v) is 7.71. The molecule has 18 heavy (non-hydrogen) atoms. The molecular weight excluding hydrogens is 224 g/mol. The third-order valence-electron chi connectivity index (χ3n) is 4.97. The predicted molar refractivity (Wildman–Crippen MR) is 74.2 cm³/mol.